The van der Waals surface area contributed by atoms with E-state index in [1.807, 2.05) is 7.05 Å². The lowest BCUT2D eigenvalue weighted by molar-refractivity contribution is -0.121. The number of amides is 1. The van der Waals surface area contributed by atoms with Crippen LogP contribution in [0, 0.1) is 17.3 Å². The highest BCUT2D eigenvalue weighted by Gasteiger charge is 2.35. The second-order valence-electron chi connectivity index (χ2n) is 8.80. The lowest BCUT2D eigenvalue weighted by Crippen LogP contribution is -2.50. The number of ether oxygens (including phenoxy) is 1. The van der Waals surface area contributed by atoms with Crippen molar-refractivity contribution in [1.82, 2.24) is 15.5 Å². The number of hydrogen-bond donors (Lipinski definition) is 2. The third-order valence-corrected chi connectivity index (χ3v) is 5.70. The summed E-state index contributed by atoms with van der Waals surface area (Å²) in [6.07, 6.45) is 5.38. The fraction of sp³-hybridized carbons (Fsp3) is 0.900. The van der Waals surface area contributed by atoms with Gasteiger partial charge in [-0.05, 0) is 37.0 Å². The van der Waals surface area contributed by atoms with Gasteiger partial charge in [0.15, 0.2) is 5.96 Å². The van der Waals surface area contributed by atoms with E-state index >= 15 is 0 Å². The topological polar surface area (TPSA) is 66.0 Å². The molecule has 2 aliphatic heterocycles. The first-order valence-electron chi connectivity index (χ1n) is 10.1. The molecule has 0 spiro atoms. The van der Waals surface area contributed by atoms with Crippen molar-refractivity contribution < 1.29 is 9.53 Å². The van der Waals surface area contributed by atoms with E-state index in [0.717, 1.165) is 51.5 Å². The van der Waals surface area contributed by atoms with E-state index in [2.05, 4.69) is 41.3 Å². The summed E-state index contributed by atoms with van der Waals surface area (Å²) >= 11 is 0. The molecule has 0 aromatic heterocycles. The summed E-state index contributed by atoms with van der Waals surface area (Å²) in [7, 11) is 3.57. The molecule has 6 nitrogen and oxygen atoms in total. The highest BCUT2D eigenvalue weighted by molar-refractivity contribution is 14.0. The Hall–Kier alpha value is -0.570. The van der Waals surface area contributed by atoms with Crippen LogP contribution in [-0.2, 0) is 9.53 Å². The normalized spacial score (nSPS) is 24.9. The minimum atomic E-state index is 0. The number of nitrogens with zero attached hydrogens (tertiary/aromatic N) is 2. The molecule has 2 unspecified atom stereocenters. The lowest BCUT2D eigenvalue weighted by Gasteiger charge is -2.41. The average molecular weight is 494 g/mol. The van der Waals surface area contributed by atoms with E-state index in [1.165, 1.54) is 6.42 Å². The summed E-state index contributed by atoms with van der Waals surface area (Å²) in [4.78, 5) is 18.4. The number of guanidine groups is 1. The van der Waals surface area contributed by atoms with E-state index in [0.29, 0.717) is 24.4 Å². The number of carbonyl (C=O) groups excluding carboxylic acids is 1. The monoisotopic (exact) mass is 494 g/mol. The van der Waals surface area contributed by atoms with Crippen LogP contribution in [0.5, 0.6) is 0 Å². The Balaban J connectivity index is 0.00000364. The standard InChI is InChI=1S/C20H38N4O2.HI/c1-20(2,3)18-16(7-6-12-26-18)14-23-19(22-5)24-10-8-15(9-11-24)13-17(25)21-4;/h15-16,18H,6-14H2,1-5H3,(H,21,25)(H,22,23);1H. The van der Waals surface area contributed by atoms with Gasteiger partial charge in [0.25, 0.3) is 0 Å². The largest absolute Gasteiger partial charge is 0.377 e. The zero-order valence-electron chi connectivity index (χ0n) is 17.7. The zero-order valence-corrected chi connectivity index (χ0v) is 20.0. The number of hydrogen-bond acceptors (Lipinski definition) is 3. The maximum absolute atomic E-state index is 11.6. The van der Waals surface area contributed by atoms with Crippen LogP contribution in [0.4, 0.5) is 0 Å². The van der Waals surface area contributed by atoms with Crippen molar-refractivity contribution in [3.8, 4) is 0 Å². The fourth-order valence-corrected chi connectivity index (χ4v) is 4.28. The van der Waals surface area contributed by atoms with Crippen molar-refractivity contribution in [3.63, 3.8) is 0 Å². The minimum Gasteiger partial charge on any atom is -0.377 e. The summed E-state index contributed by atoms with van der Waals surface area (Å²) in [6.45, 7) is 10.5. The van der Waals surface area contributed by atoms with Gasteiger partial charge >= 0.3 is 0 Å². The molecule has 0 radical (unpaired) electrons. The number of likely N-dealkylation sites (tertiary alicyclic amines) is 1. The molecule has 2 atom stereocenters. The van der Waals surface area contributed by atoms with Crippen LogP contribution in [0.3, 0.4) is 0 Å². The summed E-state index contributed by atoms with van der Waals surface area (Å²) in [6, 6.07) is 0. The van der Waals surface area contributed by atoms with Crippen LogP contribution in [0.25, 0.3) is 0 Å². The molecule has 2 heterocycles. The van der Waals surface area contributed by atoms with Crippen molar-refractivity contribution in [2.75, 3.05) is 40.3 Å². The summed E-state index contributed by atoms with van der Waals surface area (Å²) in [5, 5.41) is 6.32. The summed E-state index contributed by atoms with van der Waals surface area (Å²) in [5.41, 5.74) is 0.161. The van der Waals surface area contributed by atoms with Crippen molar-refractivity contribution in [2.45, 2.75) is 59.0 Å². The molecule has 2 rings (SSSR count). The van der Waals surface area contributed by atoms with Crippen molar-refractivity contribution in [2.24, 2.45) is 22.2 Å². The predicted octanol–water partition coefficient (Wildman–Crippen LogP) is 2.87. The van der Waals surface area contributed by atoms with Crippen LogP contribution < -0.4 is 10.6 Å². The number of piperidine rings is 1. The second kappa shape index (κ2) is 11.4. The fourth-order valence-electron chi connectivity index (χ4n) is 4.28. The molecule has 0 aliphatic carbocycles. The minimum absolute atomic E-state index is 0. The van der Waals surface area contributed by atoms with Crippen LogP contribution in [0.15, 0.2) is 4.99 Å². The molecule has 1 amide bonds. The third-order valence-electron chi connectivity index (χ3n) is 5.70. The molecule has 0 saturated carbocycles. The second-order valence-corrected chi connectivity index (χ2v) is 8.80. The van der Waals surface area contributed by atoms with E-state index in [9.17, 15) is 4.79 Å². The Bertz CT molecular complexity index is 485. The highest BCUT2D eigenvalue weighted by atomic mass is 127. The van der Waals surface area contributed by atoms with Crippen molar-refractivity contribution in [1.29, 1.82) is 0 Å². The molecule has 7 heteroatoms. The summed E-state index contributed by atoms with van der Waals surface area (Å²) < 4.78 is 6.10. The molecule has 0 bridgehead atoms. The van der Waals surface area contributed by atoms with Crippen LogP contribution >= 0.6 is 24.0 Å². The van der Waals surface area contributed by atoms with Crippen LogP contribution in [0.1, 0.15) is 52.9 Å². The molecule has 2 fully saturated rings. The first-order valence-corrected chi connectivity index (χ1v) is 10.1. The third kappa shape index (κ3) is 7.40. The van der Waals surface area contributed by atoms with Gasteiger partial charge in [-0.25, -0.2) is 0 Å². The highest BCUT2D eigenvalue weighted by Crippen LogP contribution is 2.33. The number of carbonyl (C=O) groups is 1. The van der Waals surface area contributed by atoms with Gasteiger partial charge in [-0.2, -0.15) is 0 Å². The zero-order chi connectivity index (χ0) is 19.2. The Labute approximate surface area is 182 Å². The van der Waals surface area contributed by atoms with E-state index in [4.69, 9.17) is 4.74 Å². The van der Waals surface area contributed by atoms with Gasteiger partial charge in [0.1, 0.15) is 0 Å². The number of rotatable bonds is 4. The van der Waals surface area contributed by atoms with Gasteiger partial charge in [0.05, 0.1) is 6.10 Å². The maximum Gasteiger partial charge on any atom is 0.220 e. The van der Waals surface area contributed by atoms with E-state index in [-0.39, 0.29) is 35.3 Å². The van der Waals surface area contributed by atoms with Crippen LogP contribution in [0.2, 0.25) is 0 Å². The molecule has 158 valence electrons. The summed E-state index contributed by atoms with van der Waals surface area (Å²) in [5.74, 6) is 2.14. The van der Waals surface area contributed by atoms with Gasteiger partial charge in [-0.3, -0.25) is 9.79 Å². The number of aliphatic imine (C=N–C) groups is 1. The van der Waals surface area contributed by atoms with Crippen molar-refractivity contribution in [3.05, 3.63) is 0 Å². The molecular formula is C20H39IN4O2. The molecule has 0 aromatic carbocycles. The number of nitrogens with one attached hydrogen (secondary N) is 2. The van der Waals surface area contributed by atoms with Gasteiger partial charge in [-0.15, -0.1) is 24.0 Å². The molecule has 2 saturated heterocycles. The Morgan fingerprint density at radius 3 is 2.44 bits per heavy atom. The number of halogens is 1. The maximum atomic E-state index is 11.6. The van der Waals surface area contributed by atoms with E-state index in [1.54, 1.807) is 7.05 Å². The Morgan fingerprint density at radius 2 is 1.89 bits per heavy atom. The van der Waals surface area contributed by atoms with Gasteiger partial charge in [0.2, 0.25) is 5.91 Å². The lowest BCUT2D eigenvalue weighted by atomic mass is 9.78. The first-order chi connectivity index (χ1) is 12.3. The van der Waals surface area contributed by atoms with Gasteiger partial charge in [-0.1, -0.05) is 20.8 Å². The predicted molar refractivity (Wildman–Crippen MR) is 122 cm³/mol. The Morgan fingerprint density at radius 1 is 1.22 bits per heavy atom. The Kier molecular flexibility index (Phi) is 10.4. The SMILES string of the molecule is CN=C(NCC1CCCOC1C(C)(C)C)N1CCC(CC(=O)NC)CC1.I. The van der Waals surface area contributed by atoms with Crippen molar-refractivity contribution >= 4 is 35.8 Å². The van der Waals surface area contributed by atoms with Crippen LogP contribution in [-0.4, -0.2) is 63.2 Å². The van der Waals surface area contributed by atoms with Gasteiger partial charge < -0.3 is 20.3 Å². The van der Waals surface area contributed by atoms with E-state index < -0.39 is 0 Å². The smallest absolute Gasteiger partial charge is 0.220 e. The quantitative estimate of drug-likeness (QED) is 0.359. The molecular weight excluding hydrogens is 455 g/mol. The average Bonchev–Trinajstić information content (AvgIpc) is 2.63. The first kappa shape index (κ1) is 24.5. The molecule has 27 heavy (non-hydrogen) atoms. The van der Waals surface area contributed by atoms with Gasteiger partial charge in [0, 0.05) is 52.7 Å². The molecule has 2 N–H and O–H groups in total. The molecule has 2 aliphatic rings. The molecule has 0 aromatic rings.